The van der Waals surface area contributed by atoms with Gasteiger partial charge in [-0.15, -0.1) is 0 Å². The van der Waals surface area contributed by atoms with Gasteiger partial charge in [0.25, 0.3) is 0 Å². The largest absolute Gasteiger partial charge is 0.444 e. The summed E-state index contributed by atoms with van der Waals surface area (Å²) in [6.45, 7) is 11.1. The van der Waals surface area contributed by atoms with Crippen LogP contribution in [0.5, 0.6) is 0 Å². The highest BCUT2D eigenvalue weighted by Crippen LogP contribution is 2.22. The number of nitrogens with zero attached hydrogens (tertiary/aromatic N) is 2. The van der Waals surface area contributed by atoms with Crippen molar-refractivity contribution < 1.29 is 9.53 Å². The lowest BCUT2D eigenvalue weighted by molar-refractivity contribution is 0.00893. The number of nitrogens with one attached hydrogen (secondary N) is 1. The molecule has 23 heavy (non-hydrogen) atoms. The van der Waals surface area contributed by atoms with Crippen LogP contribution in [0.2, 0.25) is 0 Å². The van der Waals surface area contributed by atoms with E-state index in [0.29, 0.717) is 12.1 Å². The van der Waals surface area contributed by atoms with Crippen LogP contribution >= 0.6 is 0 Å². The van der Waals surface area contributed by atoms with Crippen LogP contribution in [0.4, 0.5) is 4.79 Å². The van der Waals surface area contributed by atoms with Crippen LogP contribution in [0.25, 0.3) is 0 Å². The van der Waals surface area contributed by atoms with E-state index in [9.17, 15) is 4.79 Å². The van der Waals surface area contributed by atoms with E-state index in [0.717, 1.165) is 19.4 Å². The topological polar surface area (TPSA) is 44.8 Å². The average Bonchev–Trinajstić information content (AvgIpc) is 2.62. The van der Waals surface area contributed by atoms with Crippen molar-refractivity contribution in [1.82, 2.24) is 15.1 Å². The molecule has 2 aliphatic heterocycles. The molecule has 2 saturated heterocycles. The van der Waals surface area contributed by atoms with Crippen molar-refractivity contribution in [3.8, 4) is 0 Å². The van der Waals surface area contributed by atoms with Crippen LogP contribution in [-0.4, -0.2) is 66.3 Å². The Balaban J connectivity index is 1.80. The molecule has 3 unspecified atom stereocenters. The van der Waals surface area contributed by atoms with Crippen LogP contribution in [0.15, 0.2) is 0 Å². The van der Waals surface area contributed by atoms with Gasteiger partial charge in [-0.2, -0.15) is 0 Å². The molecule has 1 amide bonds. The normalized spacial score (nSPS) is 30.8. The highest BCUT2D eigenvalue weighted by molar-refractivity contribution is 5.68. The van der Waals surface area contributed by atoms with Gasteiger partial charge in [0.1, 0.15) is 5.60 Å². The molecule has 5 nitrogen and oxygen atoms in total. The van der Waals surface area contributed by atoms with Crippen molar-refractivity contribution in [3.63, 3.8) is 0 Å². The maximum atomic E-state index is 12.3. The fourth-order valence-electron chi connectivity index (χ4n) is 3.66. The number of hydrogen-bond donors (Lipinski definition) is 1. The molecule has 0 saturated carbocycles. The summed E-state index contributed by atoms with van der Waals surface area (Å²) >= 11 is 0. The summed E-state index contributed by atoms with van der Waals surface area (Å²) in [5.74, 6) is 0. The van der Waals surface area contributed by atoms with E-state index >= 15 is 0 Å². The van der Waals surface area contributed by atoms with Crippen LogP contribution in [0, 0.1) is 0 Å². The van der Waals surface area contributed by atoms with Crippen molar-refractivity contribution in [1.29, 1.82) is 0 Å². The van der Waals surface area contributed by atoms with Crippen LogP contribution in [0.1, 0.15) is 59.8 Å². The van der Waals surface area contributed by atoms with Crippen molar-refractivity contribution in [2.45, 2.75) is 83.5 Å². The summed E-state index contributed by atoms with van der Waals surface area (Å²) in [7, 11) is 2.21. The van der Waals surface area contributed by atoms with E-state index in [4.69, 9.17) is 4.74 Å². The predicted octanol–water partition coefficient (Wildman–Crippen LogP) is 2.85. The first kappa shape index (κ1) is 18.5. The van der Waals surface area contributed by atoms with E-state index in [1.807, 2.05) is 25.7 Å². The Morgan fingerprint density at radius 1 is 1.09 bits per heavy atom. The van der Waals surface area contributed by atoms with Gasteiger partial charge in [-0.1, -0.05) is 0 Å². The maximum Gasteiger partial charge on any atom is 0.410 e. The fraction of sp³-hybridized carbons (Fsp3) is 0.944. The molecule has 0 aromatic heterocycles. The highest BCUT2D eigenvalue weighted by Gasteiger charge is 2.32. The second kappa shape index (κ2) is 7.84. The Labute approximate surface area is 141 Å². The molecule has 0 aromatic carbocycles. The zero-order valence-corrected chi connectivity index (χ0v) is 15.6. The Morgan fingerprint density at radius 3 is 2.43 bits per heavy atom. The first-order valence-electron chi connectivity index (χ1n) is 9.19. The van der Waals surface area contributed by atoms with Crippen molar-refractivity contribution in [3.05, 3.63) is 0 Å². The molecule has 1 N–H and O–H groups in total. The Kier molecular flexibility index (Phi) is 6.32. The lowest BCUT2D eigenvalue weighted by Gasteiger charge is -2.39. The summed E-state index contributed by atoms with van der Waals surface area (Å²) < 4.78 is 5.52. The molecule has 0 radical (unpaired) electrons. The number of amides is 1. The molecular formula is C18H35N3O2. The van der Waals surface area contributed by atoms with Gasteiger partial charge in [0.15, 0.2) is 0 Å². The van der Waals surface area contributed by atoms with Crippen molar-refractivity contribution in [2.75, 3.05) is 26.7 Å². The fourth-order valence-corrected chi connectivity index (χ4v) is 3.66. The molecule has 0 aliphatic carbocycles. The second-order valence-electron chi connectivity index (χ2n) is 8.34. The molecule has 3 atom stereocenters. The standard InChI is InChI=1S/C18H35N3O2/c1-14-13-16(19-15-7-6-10-20(5)11-8-15)9-12-21(14)17(22)23-18(2,3)4/h14-16,19H,6-13H2,1-5H3. The van der Waals surface area contributed by atoms with Gasteiger partial charge in [-0.3, -0.25) is 0 Å². The third-order valence-electron chi connectivity index (χ3n) is 4.93. The molecule has 0 spiro atoms. The van der Waals surface area contributed by atoms with Gasteiger partial charge >= 0.3 is 6.09 Å². The lowest BCUT2D eigenvalue weighted by atomic mass is 9.96. The number of carbonyl (C=O) groups excluding carboxylic acids is 1. The second-order valence-corrected chi connectivity index (χ2v) is 8.34. The Morgan fingerprint density at radius 2 is 1.78 bits per heavy atom. The summed E-state index contributed by atoms with van der Waals surface area (Å²) in [4.78, 5) is 16.6. The van der Waals surface area contributed by atoms with Crippen LogP contribution in [0.3, 0.4) is 0 Å². The van der Waals surface area contributed by atoms with Gasteiger partial charge < -0.3 is 19.9 Å². The zero-order chi connectivity index (χ0) is 17.0. The number of ether oxygens (including phenoxy) is 1. The highest BCUT2D eigenvalue weighted by atomic mass is 16.6. The average molecular weight is 325 g/mol. The van der Waals surface area contributed by atoms with Gasteiger partial charge in [0.2, 0.25) is 0 Å². The van der Waals surface area contributed by atoms with Crippen molar-refractivity contribution >= 4 is 6.09 Å². The third kappa shape index (κ3) is 5.96. The summed E-state index contributed by atoms with van der Waals surface area (Å²) in [5.41, 5.74) is -0.418. The van der Waals surface area contributed by atoms with Gasteiger partial charge in [0.05, 0.1) is 0 Å². The number of rotatable bonds is 2. The molecule has 134 valence electrons. The maximum absolute atomic E-state index is 12.3. The molecule has 2 heterocycles. The van der Waals surface area contributed by atoms with E-state index in [2.05, 4.69) is 24.2 Å². The molecule has 0 bridgehead atoms. The minimum atomic E-state index is -0.418. The monoisotopic (exact) mass is 325 g/mol. The first-order chi connectivity index (χ1) is 10.7. The number of carbonyl (C=O) groups is 1. The first-order valence-corrected chi connectivity index (χ1v) is 9.19. The summed E-state index contributed by atoms with van der Waals surface area (Å²) in [6.07, 6.45) is 5.66. The van der Waals surface area contributed by atoms with Gasteiger partial charge in [-0.05, 0) is 79.9 Å². The lowest BCUT2D eigenvalue weighted by Crippen LogP contribution is -2.52. The molecule has 2 fully saturated rings. The van der Waals surface area contributed by atoms with E-state index in [1.54, 1.807) is 0 Å². The predicted molar refractivity (Wildman–Crippen MR) is 93.7 cm³/mol. The van der Waals surface area contributed by atoms with Gasteiger partial charge in [0, 0.05) is 24.7 Å². The molecule has 5 heteroatoms. The minimum absolute atomic E-state index is 0.167. The quantitative estimate of drug-likeness (QED) is 0.848. The minimum Gasteiger partial charge on any atom is -0.444 e. The molecule has 0 aromatic rings. The number of likely N-dealkylation sites (tertiary alicyclic amines) is 2. The molecular weight excluding hydrogens is 290 g/mol. The van der Waals surface area contributed by atoms with E-state index in [-0.39, 0.29) is 12.1 Å². The Bertz CT molecular complexity index is 394. The third-order valence-corrected chi connectivity index (χ3v) is 4.93. The van der Waals surface area contributed by atoms with Crippen LogP contribution in [-0.2, 0) is 4.74 Å². The SMILES string of the molecule is CC1CC(NC2CCCN(C)CC2)CCN1C(=O)OC(C)(C)C. The van der Waals surface area contributed by atoms with Gasteiger partial charge in [-0.25, -0.2) is 4.79 Å². The molecule has 2 aliphatic rings. The smallest absolute Gasteiger partial charge is 0.410 e. The number of hydrogen-bond acceptors (Lipinski definition) is 4. The zero-order valence-electron chi connectivity index (χ0n) is 15.6. The van der Waals surface area contributed by atoms with E-state index < -0.39 is 5.60 Å². The van der Waals surface area contributed by atoms with Crippen molar-refractivity contribution in [2.24, 2.45) is 0 Å². The van der Waals surface area contributed by atoms with E-state index in [1.165, 1.54) is 32.4 Å². The molecule has 2 rings (SSSR count). The summed E-state index contributed by atoms with van der Waals surface area (Å²) in [5, 5.41) is 3.85. The number of piperidine rings is 1. The Hall–Kier alpha value is -0.810. The van der Waals surface area contributed by atoms with Crippen LogP contribution < -0.4 is 5.32 Å². The summed E-state index contributed by atoms with van der Waals surface area (Å²) in [6, 6.07) is 1.40.